The summed E-state index contributed by atoms with van der Waals surface area (Å²) in [6.07, 6.45) is 6.36. The van der Waals surface area contributed by atoms with Crippen LogP contribution in [-0.2, 0) is 17.6 Å². The number of amides is 1. The number of nitrogens with zero attached hydrogens (tertiary/aromatic N) is 4. The van der Waals surface area contributed by atoms with Gasteiger partial charge >= 0.3 is 0 Å². The van der Waals surface area contributed by atoms with Crippen LogP contribution in [0.1, 0.15) is 23.3 Å². The Morgan fingerprint density at radius 1 is 1.33 bits per heavy atom. The maximum absolute atomic E-state index is 12.5. The van der Waals surface area contributed by atoms with E-state index in [2.05, 4.69) is 20.5 Å². The molecule has 3 aromatic heterocycles. The van der Waals surface area contributed by atoms with E-state index in [9.17, 15) is 4.79 Å². The van der Waals surface area contributed by atoms with Crippen LogP contribution in [0, 0.1) is 0 Å². The smallest absolute Gasteiger partial charge is 0.234 e. The second-order valence-corrected chi connectivity index (χ2v) is 9.46. The van der Waals surface area contributed by atoms with Gasteiger partial charge in [-0.1, -0.05) is 23.4 Å². The lowest BCUT2D eigenvalue weighted by molar-refractivity contribution is -0.113. The van der Waals surface area contributed by atoms with Gasteiger partial charge in [-0.2, -0.15) is 0 Å². The summed E-state index contributed by atoms with van der Waals surface area (Å²) in [7, 11) is 1.55. The molecule has 0 aliphatic heterocycles. The van der Waals surface area contributed by atoms with Gasteiger partial charge in [0.05, 0.1) is 23.9 Å². The molecule has 1 N–H and O–H groups in total. The summed E-state index contributed by atoms with van der Waals surface area (Å²) < 4.78 is 7.15. The Morgan fingerprint density at radius 3 is 3.07 bits per heavy atom. The van der Waals surface area contributed by atoms with Crippen LogP contribution < -0.4 is 10.1 Å². The summed E-state index contributed by atoms with van der Waals surface area (Å²) >= 11 is 9.11. The monoisotopic (exact) mass is 459 g/mol. The minimum Gasteiger partial charge on any atom is -0.495 e. The minimum absolute atomic E-state index is 0.177. The maximum atomic E-state index is 12.5. The fourth-order valence-corrected chi connectivity index (χ4v) is 5.83. The summed E-state index contributed by atoms with van der Waals surface area (Å²) in [5, 5.41) is 13.9. The number of aryl methyl sites for hydroxylation is 2. The molecule has 154 valence electrons. The number of halogens is 1. The van der Waals surface area contributed by atoms with Crippen LogP contribution in [0.2, 0.25) is 5.02 Å². The predicted molar refractivity (Wildman–Crippen MR) is 120 cm³/mol. The number of thioether (sulfide) groups is 1. The van der Waals surface area contributed by atoms with Crippen LogP contribution in [0.3, 0.4) is 0 Å². The second-order valence-electron chi connectivity index (χ2n) is 6.99. The Labute approximate surface area is 185 Å². The average Bonchev–Trinajstić information content (AvgIpc) is 3.33. The third kappa shape index (κ3) is 3.51. The largest absolute Gasteiger partial charge is 0.495 e. The number of thiophene rings is 1. The standard InChI is InChI=1S/C20H18ClN5O2S2/c1-28-14-7-6-11(21)8-13(14)23-16(27)9-29-20-25-24-18-17-12-4-2-3-5-15(12)30-19(17)22-10-26(18)20/h6-8,10H,2-5,9H2,1H3,(H,23,27). The SMILES string of the molecule is COc1ccc(Cl)cc1NC(=O)CSc1nnc2c3c4c(sc3ncn12)CCCC4. The van der Waals surface area contributed by atoms with Crippen molar-refractivity contribution in [1.82, 2.24) is 19.6 Å². The zero-order valence-electron chi connectivity index (χ0n) is 16.1. The molecular weight excluding hydrogens is 442 g/mol. The molecule has 3 heterocycles. The van der Waals surface area contributed by atoms with Crippen molar-refractivity contribution in [2.75, 3.05) is 18.2 Å². The van der Waals surface area contributed by atoms with Crippen molar-refractivity contribution >= 4 is 62.2 Å². The van der Waals surface area contributed by atoms with Crippen molar-refractivity contribution in [3.05, 3.63) is 40.0 Å². The molecule has 1 amide bonds. The van der Waals surface area contributed by atoms with E-state index in [1.165, 1.54) is 35.0 Å². The lowest BCUT2D eigenvalue weighted by atomic mass is 9.97. The molecule has 4 aromatic rings. The number of fused-ring (bicyclic) bond motifs is 5. The van der Waals surface area contributed by atoms with E-state index in [1.54, 1.807) is 43.0 Å². The lowest BCUT2D eigenvalue weighted by Crippen LogP contribution is -2.15. The van der Waals surface area contributed by atoms with E-state index in [0.29, 0.717) is 21.6 Å². The fourth-order valence-electron chi connectivity index (χ4n) is 3.73. The molecule has 0 fully saturated rings. The number of benzene rings is 1. The highest BCUT2D eigenvalue weighted by atomic mass is 35.5. The van der Waals surface area contributed by atoms with Gasteiger partial charge in [0.2, 0.25) is 5.91 Å². The van der Waals surface area contributed by atoms with Gasteiger partial charge < -0.3 is 10.1 Å². The average molecular weight is 460 g/mol. The third-order valence-electron chi connectivity index (χ3n) is 5.10. The molecule has 5 rings (SSSR count). The summed E-state index contributed by atoms with van der Waals surface area (Å²) in [5.41, 5.74) is 2.72. The van der Waals surface area contributed by atoms with Crippen LogP contribution in [-0.4, -0.2) is 38.4 Å². The molecule has 30 heavy (non-hydrogen) atoms. The highest BCUT2D eigenvalue weighted by Crippen LogP contribution is 2.37. The Bertz CT molecular complexity index is 1270. The molecule has 1 aliphatic carbocycles. The number of methoxy groups -OCH3 is 1. The van der Waals surface area contributed by atoms with Crippen molar-refractivity contribution in [3.8, 4) is 5.75 Å². The molecular formula is C20H18ClN5O2S2. The molecule has 0 spiro atoms. The number of hydrogen-bond donors (Lipinski definition) is 1. The van der Waals surface area contributed by atoms with Gasteiger partial charge in [-0.15, -0.1) is 21.5 Å². The van der Waals surface area contributed by atoms with E-state index in [0.717, 1.165) is 28.7 Å². The summed E-state index contributed by atoms with van der Waals surface area (Å²) in [5.74, 6) is 0.551. The second kappa shape index (κ2) is 8.05. The molecule has 0 saturated carbocycles. The van der Waals surface area contributed by atoms with Crippen molar-refractivity contribution in [3.63, 3.8) is 0 Å². The lowest BCUT2D eigenvalue weighted by Gasteiger charge is -2.10. The molecule has 10 heteroatoms. The van der Waals surface area contributed by atoms with Crippen molar-refractivity contribution < 1.29 is 9.53 Å². The van der Waals surface area contributed by atoms with Gasteiger partial charge in [0.15, 0.2) is 10.8 Å². The number of aromatic nitrogens is 4. The minimum atomic E-state index is -0.181. The third-order valence-corrected chi connectivity index (χ3v) is 7.48. The fraction of sp³-hybridized carbons (Fsp3) is 0.300. The summed E-state index contributed by atoms with van der Waals surface area (Å²) in [6.45, 7) is 0. The first-order chi connectivity index (χ1) is 14.6. The first kappa shape index (κ1) is 19.6. The van der Waals surface area contributed by atoms with Gasteiger partial charge in [-0.25, -0.2) is 4.98 Å². The molecule has 0 radical (unpaired) electrons. The normalized spacial score (nSPS) is 13.5. The maximum Gasteiger partial charge on any atom is 0.234 e. The van der Waals surface area contributed by atoms with Crippen LogP contribution in [0.5, 0.6) is 5.75 Å². The van der Waals surface area contributed by atoms with Crippen LogP contribution in [0.4, 0.5) is 5.69 Å². The van der Waals surface area contributed by atoms with Crippen LogP contribution in [0.25, 0.3) is 15.9 Å². The quantitative estimate of drug-likeness (QED) is 0.439. The van der Waals surface area contributed by atoms with Crippen LogP contribution in [0.15, 0.2) is 29.7 Å². The topological polar surface area (TPSA) is 81.4 Å². The van der Waals surface area contributed by atoms with E-state index < -0.39 is 0 Å². The molecule has 0 atom stereocenters. The number of nitrogens with one attached hydrogen (secondary N) is 1. The van der Waals surface area contributed by atoms with Gasteiger partial charge in [0.1, 0.15) is 16.9 Å². The van der Waals surface area contributed by atoms with Crippen LogP contribution >= 0.6 is 34.7 Å². The number of ether oxygens (including phenoxy) is 1. The highest BCUT2D eigenvalue weighted by molar-refractivity contribution is 7.99. The molecule has 0 bridgehead atoms. The Balaban J connectivity index is 1.37. The van der Waals surface area contributed by atoms with Gasteiger partial charge in [0.25, 0.3) is 0 Å². The Hall–Kier alpha value is -2.36. The Kier molecular flexibility index (Phi) is 5.26. The zero-order chi connectivity index (χ0) is 20.7. The number of carbonyl (C=O) groups excluding carboxylic acids is 1. The van der Waals surface area contributed by atoms with Gasteiger partial charge in [-0.3, -0.25) is 9.20 Å². The van der Waals surface area contributed by atoms with Gasteiger partial charge in [-0.05, 0) is 49.4 Å². The number of carbonyl (C=O) groups is 1. The highest BCUT2D eigenvalue weighted by Gasteiger charge is 2.21. The van der Waals surface area contributed by atoms with Crippen molar-refractivity contribution in [2.24, 2.45) is 0 Å². The first-order valence-corrected chi connectivity index (χ1v) is 11.7. The van der Waals surface area contributed by atoms with E-state index in [4.69, 9.17) is 16.3 Å². The van der Waals surface area contributed by atoms with Crippen molar-refractivity contribution in [1.29, 1.82) is 0 Å². The predicted octanol–water partition coefficient (Wildman–Crippen LogP) is 4.61. The van der Waals surface area contributed by atoms with E-state index in [-0.39, 0.29) is 11.7 Å². The van der Waals surface area contributed by atoms with E-state index >= 15 is 0 Å². The zero-order valence-corrected chi connectivity index (χ0v) is 18.5. The van der Waals surface area contributed by atoms with Gasteiger partial charge in [0, 0.05) is 9.90 Å². The number of hydrogen-bond acceptors (Lipinski definition) is 7. The molecule has 1 aliphatic rings. The first-order valence-electron chi connectivity index (χ1n) is 9.54. The molecule has 1 aromatic carbocycles. The number of rotatable bonds is 5. The molecule has 7 nitrogen and oxygen atoms in total. The van der Waals surface area contributed by atoms with Crippen molar-refractivity contribution in [2.45, 2.75) is 30.8 Å². The van der Waals surface area contributed by atoms with E-state index in [1.807, 2.05) is 4.40 Å². The molecule has 0 saturated heterocycles. The summed E-state index contributed by atoms with van der Waals surface area (Å²) in [4.78, 5) is 19.6. The number of anilines is 1. The molecule has 0 unspecified atom stereocenters. The summed E-state index contributed by atoms with van der Waals surface area (Å²) in [6, 6.07) is 5.09. The Morgan fingerprint density at radius 2 is 2.20 bits per heavy atom.